The van der Waals surface area contributed by atoms with Gasteiger partial charge in [0.2, 0.25) is 12.8 Å². The zero-order chi connectivity index (χ0) is 31.0. The third-order valence-electron chi connectivity index (χ3n) is 7.61. The highest BCUT2D eigenvalue weighted by Gasteiger charge is 2.47. The van der Waals surface area contributed by atoms with Gasteiger partial charge in [-0.25, -0.2) is 8.42 Å². The molecule has 0 spiro atoms. The van der Waals surface area contributed by atoms with Gasteiger partial charge in [-0.2, -0.15) is 10.6 Å². The lowest BCUT2D eigenvalue weighted by atomic mass is 10.1. The van der Waals surface area contributed by atoms with Crippen LogP contribution >= 0.6 is 0 Å². The number of quaternary nitrogens is 1. The normalized spacial score (nSPS) is 18.7. The first kappa shape index (κ1) is 32.3. The number of rotatable bonds is 14. The van der Waals surface area contributed by atoms with E-state index < -0.39 is 44.4 Å². The van der Waals surface area contributed by atoms with Crippen molar-refractivity contribution in [1.82, 2.24) is 15.6 Å². The molecule has 0 saturated carbocycles. The summed E-state index contributed by atoms with van der Waals surface area (Å²) < 4.78 is 36.2. The number of carbonyl (C=O) groups is 2. The topological polar surface area (TPSA) is 134 Å². The maximum atomic E-state index is 14.1. The van der Waals surface area contributed by atoms with Crippen LogP contribution in [0.3, 0.4) is 0 Å². The Morgan fingerprint density at radius 1 is 1.21 bits per heavy atom. The second kappa shape index (κ2) is 14.2. The van der Waals surface area contributed by atoms with Crippen molar-refractivity contribution in [3.63, 3.8) is 0 Å². The van der Waals surface area contributed by atoms with E-state index in [1.54, 1.807) is 11.8 Å². The van der Waals surface area contributed by atoms with Gasteiger partial charge in [-0.1, -0.05) is 54.9 Å². The van der Waals surface area contributed by atoms with Gasteiger partial charge in [0, 0.05) is 25.1 Å². The lowest BCUT2D eigenvalue weighted by molar-refractivity contribution is -1.14. The quantitative estimate of drug-likeness (QED) is 0.168. The van der Waals surface area contributed by atoms with E-state index in [-0.39, 0.29) is 30.4 Å². The van der Waals surface area contributed by atoms with Gasteiger partial charge in [0.05, 0.1) is 23.1 Å². The van der Waals surface area contributed by atoms with Crippen LogP contribution in [0.1, 0.15) is 45.1 Å². The molecule has 12 heteroatoms. The fourth-order valence-corrected chi connectivity index (χ4v) is 7.19. The van der Waals surface area contributed by atoms with E-state index in [0.717, 1.165) is 12.0 Å². The second-order valence-corrected chi connectivity index (χ2v) is 13.2. The molecule has 11 nitrogen and oxygen atoms in total. The molecule has 0 radical (unpaired) electrons. The molecule has 2 amide bonds. The SMILES string of the molecule is C#CCC(C(=O)N(CCC)Cc1ccccc1)[N+](O)(C[C@@H](C)CS(=O)(=O)c1ccc2c(c1)OCO2)NC(=O)C1CCCN1. The van der Waals surface area contributed by atoms with Gasteiger partial charge in [0.15, 0.2) is 21.3 Å². The molecular formula is C31H41N4O7S+. The first-order valence-electron chi connectivity index (χ1n) is 14.6. The first-order valence-corrected chi connectivity index (χ1v) is 16.3. The number of ether oxygens (including phenoxy) is 2. The number of fused-ring (bicyclic) bond motifs is 1. The number of benzene rings is 2. The highest BCUT2D eigenvalue weighted by atomic mass is 32.2. The number of carbonyl (C=O) groups excluding carboxylic acids is 2. The van der Waals surface area contributed by atoms with Gasteiger partial charge < -0.3 is 19.7 Å². The number of hydrogen-bond acceptors (Lipinski definition) is 8. The smallest absolute Gasteiger partial charge is 0.287 e. The molecule has 2 aliphatic rings. The fourth-order valence-electron chi connectivity index (χ4n) is 5.58. The molecule has 3 N–H and O–H groups in total. The van der Waals surface area contributed by atoms with Crippen LogP contribution in [0.25, 0.3) is 0 Å². The Bertz CT molecular complexity index is 1420. The van der Waals surface area contributed by atoms with Crippen molar-refractivity contribution in [2.24, 2.45) is 5.92 Å². The van der Waals surface area contributed by atoms with Crippen LogP contribution in [0.2, 0.25) is 0 Å². The summed E-state index contributed by atoms with van der Waals surface area (Å²) in [7, 11) is -3.84. The molecule has 2 heterocycles. The summed E-state index contributed by atoms with van der Waals surface area (Å²) >= 11 is 0. The van der Waals surface area contributed by atoms with Crippen LogP contribution in [-0.2, 0) is 26.0 Å². The highest BCUT2D eigenvalue weighted by molar-refractivity contribution is 7.91. The lowest BCUT2D eigenvalue weighted by Crippen LogP contribution is -2.70. The maximum Gasteiger partial charge on any atom is 0.287 e. The highest BCUT2D eigenvalue weighted by Crippen LogP contribution is 2.34. The van der Waals surface area contributed by atoms with Crippen LogP contribution in [0.4, 0.5) is 0 Å². The molecule has 4 atom stereocenters. The Kier molecular flexibility index (Phi) is 10.7. The van der Waals surface area contributed by atoms with Gasteiger partial charge in [0.25, 0.3) is 11.8 Å². The molecule has 2 aromatic rings. The van der Waals surface area contributed by atoms with Crippen molar-refractivity contribution in [3.8, 4) is 23.8 Å². The predicted molar refractivity (Wildman–Crippen MR) is 159 cm³/mol. The summed E-state index contributed by atoms with van der Waals surface area (Å²) in [4.78, 5) is 29.1. The summed E-state index contributed by atoms with van der Waals surface area (Å²) in [5.74, 6) is 1.33. The van der Waals surface area contributed by atoms with Crippen molar-refractivity contribution in [3.05, 3.63) is 54.1 Å². The number of hydrogen-bond donors (Lipinski definition) is 3. The monoisotopic (exact) mass is 613 g/mol. The Morgan fingerprint density at radius 2 is 1.95 bits per heavy atom. The second-order valence-electron chi connectivity index (χ2n) is 11.2. The molecule has 0 bridgehead atoms. The summed E-state index contributed by atoms with van der Waals surface area (Å²) in [5, 5.41) is 15.3. The van der Waals surface area contributed by atoms with Crippen LogP contribution < -0.4 is 20.2 Å². The lowest BCUT2D eigenvalue weighted by Gasteiger charge is -2.39. The molecule has 43 heavy (non-hydrogen) atoms. The van der Waals surface area contributed by atoms with Crippen LogP contribution in [0.15, 0.2) is 53.4 Å². The molecule has 1 fully saturated rings. The zero-order valence-corrected chi connectivity index (χ0v) is 25.5. The first-order chi connectivity index (χ1) is 20.6. The Hall–Kier alpha value is -3.63. The van der Waals surface area contributed by atoms with E-state index in [2.05, 4.69) is 16.7 Å². The minimum absolute atomic E-state index is 0.0131. The summed E-state index contributed by atoms with van der Waals surface area (Å²) in [6.07, 6.45) is 7.56. The molecule has 4 rings (SSSR count). The Morgan fingerprint density at radius 3 is 2.63 bits per heavy atom. The molecular weight excluding hydrogens is 572 g/mol. The van der Waals surface area contributed by atoms with Crippen LogP contribution in [0, 0.1) is 18.3 Å². The van der Waals surface area contributed by atoms with Crippen molar-refractivity contribution in [2.75, 3.05) is 32.2 Å². The number of amides is 2. The Balaban J connectivity index is 1.61. The molecule has 2 aliphatic heterocycles. The van der Waals surface area contributed by atoms with Crippen molar-refractivity contribution in [2.45, 2.75) is 63.1 Å². The van der Waals surface area contributed by atoms with Crippen molar-refractivity contribution < 1.29 is 37.4 Å². The number of nitrogens with zero attached hydrogens (tertiary/aromatic N) is 2. The van der Waals surface area contributed by atoms with Gasteiger partial charge in [-0.15, -0.1) is 6.42 Å². The average molecular weight is 614 g/mol. The summed E-state index contributed by atoms with van der Waals surface area (Å²) in [5.41, 5.74) is 3.57. The fraction of sp³-hybridized carbons (Fsp3) is 0.484. The summed E-state index contributed by atoms with van der Waals surface area (Å²) in [6, 6.07) is 12.1. The molecule has 3 unspecified atom stereocenters. The van der Waals surface area contributed by atoms with Gasteiger partial charge in [-0.05, 0) is 43.5 Å². The molecule has 1 saturated heterocycles. The van der Waals surface area contributed by atoms with E-state index >= 15 is 0 Å². The number of terminal acetylenes is 1. The maximum absolute atomic E-state index is 14.1. The van der Waals surface area contributed by atoms with Gasteiger partial charge >= 0.3 is 0 Å². The van der Waals surface area contributed by atoms with E-state index in [0.29, 0.717) is 44.0 Å². The van der Waals surface area contributed by atoms with E-state index in [9.17, 15) is 23.2 Å². The predicted octanol–water partition coefficient (Wildman–Crippen LogP) is 2.65. The average Bonchev–Trinajstić information content (AvgIpc) is 3.68. The largest absolute Gasteiger partial charge is 0.454 e. The molecule has 232 valence electrons. The third-order valence-corrected chi connectivity index (χ3v) is 9.59. The number of nitrogens with one attached hydrogen (secondary N) is 2. The third kappa shape index (κ3) is 8.06. The minimum atomic E-state index is -3.84. The van der Waals surface area contributed by atoms with Crippen LogP contribution in [-0.4, -0.2) is 79.4 Å². The van der Waals surface area contributed by atoms with Crippen molar-refractivity contribution in [1.29, 1.82) is 0 Å². The van der Waals surface area contributed by atoms with Crippen molar-refractivity contribution >= 4 is 21.7 Å². The van der Waals surface area contributed by atoms with E-state index in [1.807, 2.05) is 37.3 Å². The molecule has 2 aromatic carbocycles. The number of sulfone groups is 1. The minimum Gasteiger partial charge on any atom is -0.454 e. The van der Waals surface area contributed by atoms with Gasteiger partial charge in [-0.3, -0.25) is 9.59 Å². The summed E-state index contributed by atoms with van der Waals surface area (Å²) in [6.45, 7) is 4.69. The van der Waals surface area contributed by atoms with Crippen LogP contribution in [0.5, 0.6) is 11.5 Å². The molecule has 0 aromatic heterocycles. The van der Waals surface area contributed by atoms with E-state index in [1.165, 1.54) is 18.2 Å². The Labute approximate surface area is 253 Å². The molecule has 0 aliphatic carbocycles. The van der Waals surface area contributed by atoms with Gasteiger partial charge in [0.1, 0.15) is 6.54 Å². The zero-order valence-electron chi connectivity index (χ0n) is 24.7. The standard InChI is InChI=1S/C31H40N4O7S/c1-4-10-27(31(37)34(17-5-2)19-24-11-7-6-8-12-24)35(38,33-30(36)26-13-9-16-32-26)20-23(3)21-43(39,40)25-14-15-28-29(18-25)42-22-41-28/h1,6-8,11-12,14-15,18,23,26-27,32,38H,5,9-10,13,16-17,19-22H2,2-3H3/p+1/t23-,26?,27?,35?/m1/s1. The number of hydroxylamine groups is 2. The van der Waals surface area contributed by atoms with E-state index in [4.69, 9.17) is 15.9 Å².